The minimum atomic E-state index is -0.826. The van der Waals surface area contributed by atoms with Gasteiger partial charge in [-0.15, -0.1) is 0 Å². The highest BCUT2D eigenvalue weighted by Gasteiger charge is 2.27. The number of halogens is 1. The van der Waals surface area contributed by atoms with Crippen molar-refractivity contribution < 1.29 is 18.3 Å². The van der Waals surface area contributed by atoms with E-state index < -0.39 is 6.29 Å². The number of carbonyl (C=O) groups excluding carboxylic acids is 1. The van der Waals surface area contributed by atoms with Gasteiger partial charge in [-0.1, -0.05) is 12.1 Å². The lowest BCUT2D eigenvalue weighted by Crippen LogP contribution is -2.46. The Morgan fingerprint density at radius 2 is 1.86 bits per heavy atom. The highest BCUT2D eigenvalue weighted by Crippen LogP contribution is 2.43. The molecule has 9 nitrogen and oxygen atoms in total. The second-order valence-corrected chi connectivity index (χ2v) is 10.6. The minimum absolute atomic E-state index is 0.323. The zero-order chi connectivity index (χ0) is 30.0. The number of benzene rings is 3. The maximum atomic E-state index is 13.7. The third-order valence-electron chi connectivity index (χ3n) is 8.08. The molecule has 3 aromatic carbocycles. The number of hydrogen-bond acceptors (Lipinski definition) is 7. The van der Waals surface area contributed by atoms with E-state index in [4.69, 9.17) is 25.6 Å². The van der Waals surface area contributed by atoms with E-state index in [0.717, 1.165) is 16.6 Å². The number of hydrogen-bond donors (Lipinski definition) is 3. The average molecular weight is 577 g/mol. The quantitative estimate of drug-likeness (QED) is 0.229. The van der Waals surface area contributed by atoms with Gasteiger partial charge < -0.3 is 23.9 Å². The van der Waals surface area contributed by atoms with Gasteiger partial charge in [0, 0.05) is 42.1 Å². The molecule has 7 rings (SSSR count). The second-order valence-electron chi connectivity index (χ2n) is 10.6. The average Bonchev–Trinajstić information content (AvgIpc) is 3.59. The number of ether oxygens (including phenoxy) is 1. The van der Waals surface area contributed by atoms with Gasteiger partial charge in [0.1, 0.15) is 34.9 Å². The van der Waals surface area contributed by atoms with Crippen LogP contribution in [0.15, 0.2) is 77.2 Å². The summed E-state index contributed by atoms with van der Waals surface area (Å²) in [5.41, 5.74) is 19.5. The van der Waals surface area contributed by atoms with E-state index in [1.54, 1.807) is 37.2 Å². The Bertz CT molecular complexity index is 2060. The predicted octanol–water partition coefficient (Wildman–Crippen LogP) is 5.58. The van der Waals surface area contributed by atoms with Crippen LogP contribution in [-0.4, -0.2) is 35.8 Å². The van der Waals surface area contributed by atoms with Crippen molar-refractivity contribution in [3.05, 3.63) is 89.7 Å². The molecule has 0 radical (unpaired) electrons. The third-order valence-corrected chi connectivity index (χ3v) is 8.08. The molecule has 0 saturated heterocycles. The van der Waals surface area contributed by atoms with Gasteiger partial charge in [-0.25, -0.2) is 9.37 Å². The van der Waals surface area contributed by atoms with Crippen LogP contribution >= 0.6 is 0 Å². The second kappa shape index (κ2) is 9.97. The van der Waals surface area contributed by atoms with Crippen LogP contribution in [0.25, 0.3) is 55.8 Å². The first kappa shape index (κ1) is 26.7. The van der Waals surface area contributed by atoms with E-state index >= 15 is 0 Å². The van der Waals surface area contributed by atoms with Crippen LogP contribution < -0.4 is 26.4 Å². The molecule has 43 heavy (non-hydrogen) atoms. The SMILES string of the molecule is CNC(=O)c1c(-c2ccc(F)cc2)oc2cc(N(C)C(N)N)c(-c3ccc4c(n3)-c3cc5c(C)cccc5n3CO4)cc12. The molecule has 0 atom stereocenters. The van der Waals surface area contributed by atoms with E-state index in [9.17, 15) is 9.18 Å². The standard InChI is InChI=1S/C33H29FN6O3/c1-17-5-4-6-24-20(17)14-26-30-27(42-16-40(24)26)12-11-23(38-30)21-13-22-28(15-25(21)39(3)33(35)36)43-31(29(22)32(41)37-2)18-7-9-19(34)10-8-18/h4-15,33H,16,35-36H2,1-3H3,(H,37,41). The highest BCUT2D eigenvalue weighted by atomic mass is 19.1. The Morgan fingerprint density at radius 3 is 2.60 bits per heavy atom. The maximum absolute atomic E-state index is 13.7. The molecule has 0 fully saturated rings. The Hall–Kier alpha value is -5.19. The number of aromatic nitrogens is 2. The van der Waals surface area contributed by atoms with Crippen molar-refractivity contribution in [3.8, 4) is 39.7 Å². The lowest BCUT2D eigenvalue weighted by Gasteiger charge is -2.26. The number of nitrogens with one attached hydrogen (secondary N) is 1. The molecule has 1 aliphatic heterocycles. The van der Waals surface area contributed by atoms with Crippen molar-refractivity contribution in [2.75, 3.05) is 19.0 Å². The van der Waals surface area contributed by atoms with Crippen LogP contribution in [0.1, 0.15) is 15.9 Å². The molecule has 1 amide bonds. The van der Waals surface area contributed by atoms with Crippen molar-refractivity contribution in [2.45, 2.75) is 19.9 Å². The Morgan fingerprint density at radius 1 is 1.07 bits per heavy atom. The van der Waals surface area contributed by atoms with Gasteiger partial charge in [-0.2, -0.15) is 0 Å². The third kappa shape index (κ3) is 4.22. The van der Waals surface area contributed by atoms with Gasteiger partial charge in [-0.05, 0) is 67.1 Å². The number of carbonyl (C=O) groups is 1. The van der Waals surface area contributed by atoms with Gasteiger partial charge in [0.25, 0.3) is 5.91 Å². The van der Waals surface area contributed by atoms with Gasteiger partial charge in [0.05, 0.1) is 28.2 Å². The molecule has 5 N–H and O–H groups in total. The van der Waals surface area contributed by atoms with Gasteiger partial charge in [-0.3, -0.25) is 16.3 Å². The maximum Gasteiger partial charge on any atom is 0.255 e. The van der Waals surface area contributed by atoms with Crippen LogP contribution in [0.3, 0.4) is 0 Å². The van der Waals surface area contributed by atoms with E-state index in [1.165, 1.54) is 17.7 Å². The summed E-state index contributed by atoms with van der Waals surface area (Å²) in [5, 5.41) is 4.41. The summed E-state index contributed by atoms with van der Waals surface area (Å²) in [4.78, 5) is 20.1. The smallest absolute Gasteiger partial charge is 0.255 e. The first-order valence-corrected chi connectivity index (χ1v) is 13.8. The summed E-state index contributed by atoms with van der Waals surface area (Å²) in [6.45, 7) is 2.47. The zero-order valence-corrected chi connectivity index (χ0v) is 23.8. The van der Waals surface area contributed by atoms with E-state index in [0.29, 0.717) is 63.0 Å². The van der Waals surface area contributed by atoms with Crippen molar-refractivity contribution in [1.29, 1.82) is 0 Å². The van der Waals surface area contributed by atoms with Crippen LogP contribution in [0, 0.1) is 12.7 Å². The number of pyridine rings is 1. The summed E-state index contributed by atoms with van der Waals surface area (Å²) < 4.78 is 28.2. The van der Waals surface area contributed by atoms with Gasteiger partial charge in [0.2, 0.25) is 0 Å². The molecule has 10 heteroatoms. The molecular formula is C33H29FN6O3. The monoisotopic (exact) mass is 576 g/mol. The summed E-state index contributed by atoms with van der Waals surface area (Å²) >= 11 is 0. The van der Waals surface area contributed by atoms with E-state index in [2.05, 4.69) is 35.0 Å². The van der Waals surface area contributed by atoms with Gasteiger partial charge in [0.15, 0.2) is 6.73 Å². The number of aryl methyl sites for hydroxylation is 1. The number of rotatable bonds is 5. The fourth-order valence-corrected chi connectivity index (χ4v) is 5.74. The number of anilines is 1. The van der Waals surface area contributed by atoms with Crippen LogP contribution in [0.5, 0.6) is 5.75 Å². The van der Waals surface area contributed by atoms with Crippen molar-refractivity contribution >= 4 is 33.5 Å². The molecule has 0 saturated carbocycles. The topological polar surface area (TPSA) is 125 Å². The van der Waals surface area contributed by atoms with Crippen molar-refractivity contribution in [2.24, 2.45) is 11.5 Å². The van der Waals surface area contributed by atoms with Crippen LogP contribution in [0.2, 0.25) is 0 Å². The molecule has 216 valence electrons. The largest absolute Gasteiger partial charge is 0.470 e. The number of nitrogens with two attached hydrogens (primary N) is 2. The molecule has 0 aliphatic carbocycles. The fraction of sp³-hybridized carbons (Fsp3) is 0.152. The molecule has 3 aromatic heterocycles. The first-order chi connectivity index (χ1) is 20.7. The molecule has 0 unspecified atom stereocenters. The Labute approximate surface area is 246 Å². The molecular weight excluding hydrogens is 547 g/mol. The predicted molar refractivity (Wildman–Crippen MR) is 165 cm³/mol. The van der Waals surface area contributed by atoms with Crippen molar-refractivity contribution in [1.82, 2.24) is 14.9 Å². The normalized spacial score (nSPS) is 12.3. The Balaban J connectivity index is 1.47. The number of amides is 1. The Kier molecular flexibility index (Phi) is 6.19. The van der Waals surface area contributed by atoms with E-state index in [-0.39, 0.29) is 11.7 Å². The van der Waals surface area contributed by atoms with E-state index in [1.807, 2.05) is 24.3 Å². The lowest BCUT2D eigenvalue weighted by molar-refractivity contribution is 0.0964. The minimum Gasteiger partial charge on any atom is -0.470 e. The molecule has 1 aliphatic rings. The summed E-state index contributed by atoms with van der Waals surface area (Å²) in [6, 6.07) is 21.6. The number of nitrogens with zero attached hydrogens (tertiary/aromatic N) is 3. The lowest BCUT2D eigenvalue weighted by atomic mass is 10.00. The summed E-state index contributed by atoms with van der Waals surface area (Å²) in [6.07, 6.45) is -0.826. The summed E-state index contributed by atoms with van der Waals surface area (Å²) in [5.74, 6) is 0.272. The molecule has 4 heterocycles. The molecule has 6 aromatic rings. The van der Waals surface area contributed by atoms with Crippen molar-refractivity contribution in [3.63, 3.8) is 0 Å². The fourth-order valence-electron chi connectivity index (χ4n) is 5.74. The van der Waals surface area contributed by atoms with Gasteiger partial charge >= 0.3 is 0 Å². The van der Waals surface area contributed by atoms with Crippen LogP contribution in [-0.2, 0) is 6.73 Å². The zero-order valence-electron chi connectivity index (χ0n) is 23.8. The number of furan rings is 1. The molecule has 0 bridgehead atoms. The van der Waals surface area contributed by atoms with Crippen LogP contribution in [0.4, 0.5) is 10.1 Å². The molecule has 0 spiro atoms. The highest BCUT2D eigenvalue weighted by molar-refractivity contribution is 6.12. The number of fused-ring (bicyclic) bond motifs is 6. The first-order valence-electron chi connectivity index (χ1n) is 13.8. The summed E-state index contributed by atoms with van der Waals surface area (Å²) in [7, 11) is 3.33.